The SMILES string of the molecule is CN(CCc1ccccc1)C(CN)CNC(=O)OC(C)(C)C. The van der Waals surface area contributed by atoms with Gasteiger partial charge in [-0.3, -0.25) is 0 Å². The van der Waals surface area contributed by atoms with Gasteiger partial charge in [-0.25, -0.2) is 4.79 Å². The lowest BCUT2D eigenvalue weighted by Crippen LogP contribution is -2.47. The maximum absolute atomic E-state index is 11.7. The zero-order valence-corrected chi connectivity index (χ0v) is 14.1. The van der Waals surface area contributed by atoms with E-state index in [1.165, 1.54) is 5.56 Å². The molecule has 0 aliphatic heterocycles. The Morgan fingerprint density at radius 3 is 2.50 bits per heavy atom. The number of rotatable bonds is 7. The quantitative estimate of drug-likeness (QED) is 0.808. The number of benzene rings is 1. The Morgan fingerprint density at radius 2 is 1.95 bits per heavy atom. The van der Waals surface area contributed by atoms with Crippen molar-refractivity contribution < 1.29 is 9.53 Å². The van der Waals surface area contributed by atoms with Crippen molar-refractivity contribution in [2.75, 3.05) is 26.7 Å². The molecule has 0 fully saturated rings. The molecular formula is C17H29N3O2. The lowest BCUT2D eigenvalue weighted by atomic mass is 10.1. The number of nitrogens with zero attached hydrogens (tertiary/aromatic N) is 1. The van der Waals surface area contributed by atoms with Crippen molar-refractivity contribution in [1.82, 2.24) is 10.2 Å². The van der Waals surface area contributed by atoms with Gasteiger partial charge < -0.3 is 20.7 Å². The summed E-state index contributed by atoms with van der Waals surface area (Å²) in [6, 6.07) is 10.4. The average Bonchev–Trinajstić information content (AvgIpc) is 2.45. The fourth-order valence-electron chi connectivity index (χ4n) is 2.07. The molecule has 1 aromatic rings. The second-order valence-corrected chi connectivity index (χ2v) is 6.49. The summed E-state index contributed by atoms with van der Waals surface area (Å²) < 4.78 is 5.23. The topological polar surface area (TPSA) is 67.6 Å². The number of nitrogens with two attached hydrogens (primary N) is 1. The van der Waals surface area contributed by atoms with E-state index in [4.69, 9.17) is 10.5 Å². The molecule has 5 heteroatoms. The van der Waals surface area contributed by atoms with Crippen molar-refractivity contribution in [2.24, 2.45) is 5.73 Å². The van der Waals surface area contributed by atoms with E-state index in [2.05, 4.69) is 22.3 Å². The van der Waals surface area contributed by atoms with Crippen molar-refractivity contribution in [2.45, 2.75) is 38.8 Å². The van der Waals surface area contributed by atoms with Gasteiger partial charge >= 0.3 is 6.09 Å². The van der Waals surface area contributed by atoms with Crippen LogP contribution < -0.4 is 11.1 Å². The number of carbonyl (C=O) groups is 1. The number of nitrogens with one attached hydrogen (secondary N) is 1. The summed E-state index contributed by atoms with van der Waals surface area (Å²) in [5, 5.41) is 2.79. The number of hydrogen-bond acceptors (Lipinski definition) is 4. The van der Waals surface area contributed by atoms with Crippen LogP contribution in [0.3, 0.4) is 0 Å². The highest BCUT2D eigenvalue weighted by Gasteiger charge is 2.18. The van der Waals surface area contributed by atoms with Gasteiger partial charge in [-0.1, -0.05) is 30.3 Å². The van der Waals surface area contributed by atoms with Gasteiger partial charge in [-0.15, -0.1) is 0 Å². The molecule has 1 atom stereocenters. The van der Waals surface area contributed by atoms with E-state index in [0.717, 1.165) is 13.0 Å². The molecule has 0 saturated carbocycles. The highest BCUT2D eigenvalue weighted by atomic mass is 16.6. The van der Waals surface area contributed by atoms with E-state index in [1.54, 1.807) is 0 Å². The molecule has 0 aromatic heterocycles. The molecule has 0 bridgehead atoms. The van der Waals surface area contributed by atoms with Gasteiger partial charge in [-0.2, -0.15) is 0 Å². The molecule has 1 amide bonds. The Morgan fingerprint density at radius 1 is 1.32 bits per heavy atom. The fraction of sp³-hybridized carbons (Fsp3) is 0.588. The predicted molar refractivity (Wildman–Crippen MR) is 89.9 cm³/mol. The maximum atomic E-state index is 11.7. The first-order valence-corrected chi connectivity index (χ1v) is 7.73. The fourth-order valence-corrected chi connectivity index (χ4v) is 2.07. The monoisotopic (exact) mass is 307 g/mol. The van der Waals surface area contributed by atoms with Gasteiger partial charge in [0, 0.05) is 25.7 Å². The molecule has 0 heterocycles. The van der Waals surface area contributed by atoms with Crippen molar-refractivity contribution in [3.05, 3.63) is 35.9 Å². The van der Waals surface area contributed by atoms with Crippen LogP contribution >= 0.6 is 0 Å². The molecule has 1 unspecified atom stereocenters. The minimum absolute atomic E-state index is 0.0937. The summed E-state index contributed by atoms with van der Waals surface area (Å²) >= 11 is 0. The number of likely N-dealkylation sites (N-methyl/N-ethyl adjacent to an activating group) is 1. The van der Waals surface area contributed by atoms with E-state index in [9.17, 15) is 4.79 Å². The van der Waals surface area contributed by atoms with Gasteiger partial charge in [0.2, 0.25) is 0 Å². The first kappa shape index (κ1) is 18.5. The highest BCUT2D eigenvalue weighted by molar-refractivity contribution is 5.67. The Kier molecular flexibility index (Phi) is 7.35. The van der Waals surface area contributed by atoms with Gasteiger partial charge in [-0.05, 0) is 39.8 Å². The van der Waals surface area contributed by atoms with E-state index in [1.807, 2.05) is 46.0 Å². The molecule has 5 nitrogen and oxygen atoms in total. The van der Waals surface area contributed by atoms with E-state index in [-0.39, 0.29) is 6.04 Å². The molecule has 0 aliphatic rings. The minimum Gasteiger partial charge on any atom is -0.444 e. The van der Waals surface area contributed by atoms with Crippen LogP contribution in [-0.4, -0.2) is 49.3 Å². The predicted octanol–water partition coefficient (Wildman–Crippen LogP) is 2.01. The molecule has 1 rings (SSSR count). The van der Waals surface area contributed by atoms with Crippen molar-refractivity contribution in [1.29, 1.82) is 0 Å². The first-order valence-electron chi connectivity index (χ1n) is 7.73. The zero-order valence-electron chi connectivity index (χ0n) is 14.1. The van der Waals surface area contributed by atoms with Gasteiger partial charge in [0.15, 0.2) is 0 Å². The van der Waals surface area contributed by atoms with E-state index >= 15 is 0 Å². The Hall–Kier alpha value is -1.59. The van der Waals surface area contributed by atoms with Crippen LogP contribution in [0.15, 0.2) is 30.3 Å². The van der Waals surface area contributed by atoms with Crippen molar-refractivity contribution in [3.63, 3.8) is 0 Å². The summed E-state index contributed by atoms with van der Waals surface area (Å²) in [5.41, 5.74) is 6.63. The molecule has 124 valence electrons. The van der Waals surface area contributed by atoms with Crippen LogP contribution in [0.25, 0.3) is 0 Å². The van der Waals surface area contributed by atoms with Crippen molar-refractivity contribution >= 4 is 6.09 Å². The highest BCUT2D eigenvalue weighted by Crippen LogP contribution is 2.07. The lowest BCUT2D eigenvalue weighted by Gasteiger charge is -2.28. The maximum Gasteiger partial charge on any atom is 0.407 e. The van der Waals surface area contributed by atoms with Crippen LogP contribution in [0.5, 0.6) is 0 Å². The van der Waals surface area contributed by atoms with Gasteiger partial charge in [0.05, 0.1) is 0 Å². The summed E-state index contributed by atoms with van der Waals surface area (Å²) in [7, 11) is 2.03. The largest absolute Gasteiger partial charge is 0.444 e. The van der Waals surface area contributed by atoms with Gasteiger partial charge in [0.1, 0.15) is 5.60 Å². The second-order valence-electron chi connectivity index (χ2n) is 6.49. The minimum atomic E-state index is -0.485. The van der Waals surface area contributed by atoms with Crippen LogP contribution in [-0.2, 0) is 11.2 Å². The number of hydrogen-bond donors (Lipinski definition) is 2. The summed E-state index contributed by atoms with van der Waals surface area (Å²) in [4.78, 5) is 13.9. The molecule has 0 radical (unpaired) electrons. The zero-order chi connectivity index (χ0) is 16.6. The van der Waals surface area contributed by atoms with Crippen LogP contribution in [0.4, 0.5) is 4.79 Å². The third kappa shape index (κ3) is 7.43. The number of carbonyl (C=O) groups excluding carboxylic acids is 1. The number of alkyl carbamates (subject to hydrolysis) is 1. The molecule has 1 aromatic carbocycles. The third-order valence-corrected chi connectivity index (χ3v) is 3.37. The average molecular weight is 307 g/mol. The summed E-state index contributed by atoms with van der Waals surface area (Å²) in [5.74, 6) is 0. The first-order chi connectivity index (χ1) is 10.3. The lowest BCUT2D eigenvalue weighted by molar-refractivity contribution is 0.0512. The third-order valence-electron chi connectivity index (χ3n) is 3.37. The number of ether oxygens (including phenoxy) is 1. The molecule has 22 heavy (non-hydrogen) atoms. The van der Waals surface area contributed by atoms with Crippen LogP contribution in [0.2, 0.25) is 0 Å². The normalized spacial score (nSPS) is 13.0. The molecule has 0 spiro atoms. The molecular weight excluding hydrogens is 278 g/mol. The smallest absolute Gasteiger partial charge is 0.407 e. The Balaban J connectivity index is 2.38. The second kappa shape index (κ2) is 8.76. The molecule has 0 saturated heterocycles. The van der Waals surface area contributed by atoms with Crippen LogP contribution in [0.1, 0.15) is 26.3 Å². The molecule has 0 aliphatic carbocycles. The van der Waals surface area contributed by atoms with Crippen molar-refractivity contribution in [3.8, 4) is 0 Å². The Bertz CT molecular complexity index is 443. The number of amides is 1. The summed E-state index contributed by atoms with van der Waals surface area (Å²) in [6.45, 7) is 7.40. The standard InChI is InChI=1S/C17H29N3O2/c1-17(2,3)22-16(21)19-13-15(12-18)20(4)11-10-14-8-6-5-7-9-14/h5-9,15H,10-13,18H2,1-4H3,(H,19,21). The van der Waals surface area contributed by atoms with Gasteiger partial charge in [0.25, 0.3) is 0 Å². The molecule has 3 N–H and O–H groups in total. The Labute approximate surface area is 133 Å². The van der Waals surface area contributed by atoms with E-state index < -0.39 is 11.7 Å². The summed E-state index contributed by atoms with van der Waals surface area (Å²) in [6.07, 6.45) is 0.558. The van der Waals surface area contributed by atoms with Crippen LogP contribution in [0, 0.1) is 0 Å². The van der Waals surface area contributed by atoms with E-state index in [0.29, 0.717) is 13.1 Å².